The van der Waals surface area contributed by atoms with Gasteiger partial charge in [0.15, 0.2) is 0 Å². The van der Waals surface area contributed by atoms with Crippen molar-refractivity contribution in [3.8, 4) is 0 Å². The Hall–Kier alpha value is -2.21. The number of nitrogens with two attached hydrogens (primary N) is 1. The van der Waals surface area contributed by atoms with Gasteiger partial charge in [-0.15, -0.1) is 0 Å². The monoisotopic (exact) mass is 293 g/mol. The van der Waals surface area contributed by atoms with Gasteiger partial charge in [-0.3, -0.25) is 0 Å². The first-order chi connectivity index (χ1) is 10.1. The fourth-order valence-corrected chi connectivity index (χ4v) is 2.13. The number of nitrogens with one attached hydrogen (secondary N) is 1. The van der Waals surface area contributed by atoms with Crippen molar-refractivity contribution in [2.45, 2.75) is 6.43 Å². The summed E-state index contributed by atoms with van der Waals surface area (Å²) in [6, 6.07) is 12.4. The van der Waals surface area contributed by atoms with Crippen molar-refractivity contribution in [3.63, 3.8) is 0 Å². The molecule has 0 radical (unpaired) electrons. The Morgan fingerprint density at radius 1 is 1.19 bits per heavy atom. The second kappa shape index (κ2) is 6.99. The lowest BCUT2D eigenvalue weighted by atomic mass is 10.1. The molecule has 0 aliphatic carbocycles. The maximum Gasteiger partial charge on any atom is 0.322 e. The number of urea groups is 1. The predicted molar refractivity (Wildman–Crippen MR) is 79.6 cm³/mol. The van der Waals surface area contributed by atoms with Crippen LogP contribution < -0.4 is 11.1 Å². The molecule has 0 aliphatic rings. The van der Waals surface area contributed by atoms with Crippen LogP contribution in [0.15, 0.2) is 42.5 Å². The van der Waals surface area contributed by atoms with Gasteiger partial charge in [0, 0.05) is 18.5 Å². The van der Waals surface area contributed by atoms with E-state index in [0.717, 1.165) is 15.7 Å². The number of alkyl halides is 2. The maximum absolute atomic E-state index is 12.5. The number of rotatable bonds is 5. The van der Waals surface area contributed by atoms with Gasteiger partial charge in [-0.2, -0.15) is 0 Å². The number of hydrogen-bond donors (Lipinski definition) is 2. The summed E-state index contributed by atoms with van der Waals surface area (Å²) < 4.78 is 25.0. The lowest BCUT2D eigenvalue weighted by Gasteiger charge is -2.22. The fraction of sp³-hybridized carbons (Fsp3) is 0.267. The quantitative estimate of drug-likeness (QED) is 0.890. The highest BCUT2D eigenvalue weighted by Crippen LogP contribution is 2.23. The predicted octanol–water partition coefficient (Wildman–Crippen LogP) is 2.90. The molecule has 2 amide bonds. The van der Waals surface area contributed by atoms with E-state index < -0.39 is 19.0 Å². The largest absolute Gasteiger partial charge is 0.329 e. The van der Waals surface area contributed by atoms with Crippen molar-refractivity contribution < 1.29 is 13.6 Å². The Morgan fingerprint density at radius 2 is 1.90 bits per heavy atom. The molecule has 0 atom stereocenters. The number of carbonyl (C=O) groups is 1. The van der Waals surface area contributed by atoms with Crippen LogP contribution in [0.5, 0.6) is 0 Å². The Bertz CT molecular complexity index is 613. The average Bonchev–Trinajstić information content (AvgIpc) is 2.47. The minimum atomic E-state index is -2.59. The Balaban J connectivity index is 2.20. The molecule has 0 heterocycles. The lowest BCUT2D eigenvalue weighted by Crippen LogP contribution is -2.41. The normalized spacial score (nSPS) is 10.9. The van der Waals surface area contributed by atoms with E-state index >= 15 is 0 Å². The van der Waals surface area contributed by atoms with Crippen LogP contribution in [0.3, 0.4) is 0 Å². The summed E-state index contributed by atoms with van der Waals surface area (Å²) in [4.78, 5) is 13.1. The molecule has 3 N–H and O–H groups in total. The first kappa shape index (κ1) is 15.2. The van der Waals surface area contributed by atoms with E-state index in [0.29, 0.717) is 5.69 Å². The van der Waals surface area contributed by atoms with Crippen LogP contribution in [-0.4, -0.2) is 37.0 Å². The molecule has 4 nitrogen and oxygen atoms in total. The molecule has 0 saturated heterocycles. The average molecular weight is 293 g/mol. The Labute approximate surface area is 121 Å². The molecule has 0 aromatic heterocycles. The van der Waals surface area contributed by atoms with Crippen molar-refractivity contribution in [3.05, 3.63) is 42.5 Å². The lowest BCUT2D eigenvalue weighted by molar-refractivity contribution is 0.103. The topological polar surface area (TPSA) is 58.4 Å². The molecule has 21 heavy (non-hydrogen) atoms. The van der Waals surface area contributed by atoms with Crippen molar-refractivity contribution in [1.82, 2.24) is 4.90 Å². The van der Waals surface area contributed by atoms with Crippen LogP contribution >= 0.6 is 0 Å². The molecule has 0 spiro atoms. The van der Waals surface area contributed by atoms with E-state index in [1.165, 1.54) is 0 Å². The Morgan fingerprint density at radius 3 is 2.62 bits per heavy atom. The van der Waals surface area contributed by atoms with Crippen molar-refractivity contribution in [1.29, 1.82) is 0 Å². The van der Waals surface area contributed by atoms with E-state index in [2.05, 4.69) is 5.32 Å². The number of nitrogens with zero attached hydrogens (tertiary/aromatic N) is 1. The summed E-state index contributed by atoms with van der Waals surface area (Å²) in [5.74, 6) is 0. The zero-order chi connectivity index (χ0) is 15.2. The highest BCUT2D eigenvalue weighted by molar-refractivity contribution is 6.01. The van der Waals surface area contributed by atoms with Gasteiger partial charge in [-0.1, -0.05) is 36.4 Å². The number of halogens is 2. The highest BCUT2D eigenvalue weighted by atomic mass is 19.3. The SMILES string of the molecule is NCCN(CC(F)F)C(=O)Nc1cccc2ccccc12. The molecule has 112 valence electrons. The molecule has 2 aromatic carbocycles. The first-order valence-corrected chi connectivity index (χ1v) is 6.63. The van der Waals surface area contributed by atoms with E-state index in [1.54, 1.807) is 12.1 Å². The van der Waals surface area contributed by atoms with Crippen LogP contribution in [0.4, 0.5) is 19.3 Å². The molecule has 0 saturated carbocycles. The van der Waals surface area contributed by atoms with Crippen LogP contribution in [0.25, 0.3) is 10.8 Å². The van der Waals surface area contributed by atoms with Gasteiger partial charge in [0.1, 0.15) is 0 Å². The maximum atomic E-state index is 12.5. The first-order valence-electron chi connectivity index (χ1n) is 6.63. The smallest absolute Gasteiger partial charge is 0.322 e. The van der Waals surface area contributed by atoms with E-state index in [-0.39, 0.29) is 13.1 Å². The molecular weight excluding hydrogens is 276 g/mol. The second-order valence-electron chi connectivity index (χ2n) is 4.58. The summed E-state index contributed by atoms with van der Waals surface area (Å²) in [6.45, 7) is -0.412. The van der Waals surface area contributed by atoms with Crippen molar-refractivity contribution in [2.75, 3.05) is 25.0 Å². The van der Waals surface area contributed by atoms with Crippen LogP contribution in [0.2, 0.25) is 0 Å². The summed E-state index contributed by atoms with van der Waals surface area (Å²) >= 11 is 0. The van der Waals surface area contributed by atoms with Gasteiger partial charge in [0.05, 0.1) is 12.2 Å². The molecule has 0 unspecified atom stereocenters. The minimum absolute atomic E-state index is 0.0843. The molecule has 0 fully saturated rings. The van der Waals surface area contributed by atoms with Gasteiger partial charge in [0.2, 0.25) is 0 Å². The number of benzene rings is 2. The van der Waals surface area contributed by atoms with Crippen LogP contribution in [-0.2, 0) is 0 Å². The zero-order valence-electron chi connectivity index (χ0n) is 11.4. The molecule has 0 aliphatic heterocycles. The third-order valence-corrected chi connectivity index (χ3v) is 3.08. The molecule has 2 aromatic rings. The van der Waals surface area contributed by atoms with E-state index in [1.807, 2.05) is 30.3 Å². The van der Waals surface area contributed by atoms with E-state index in [4.69, 9.17) is 5.73 Å². The van der Waals surface area contributed by atoms with Gasteiger partial charge in [-0.25, -0.2) is 13.6 Å². The van der Waals surface area contributed by atoms with Gasteiger partial charge >= 0.3 is 6.03 Å². The summed E-state index contributed by atoms with van der Waals surface area (Å²) in [7, 11) is 0. The van der Waals surface area contributed by atoms with Crippen LogP contribution in [0.1, 0.15) is 0 Å². The van der Waals surface area contributed by atoms with Gasteiger partial charge < -0.3 is 16.0 Å². The zero-order valence-corrected chi connectivity index (χ0v) is 11.4. The van der Waals surface area contributed by atoms with Crippen molar-refractivity contribution in [2.24, 2.45) is 5.73 Å². The highest BCUT2D eigenvalue weighted by Gasteiger charge is 2.18. The van der Waals surface area contributed by atoms with Crippen molar-refractivity contribution >= 4 is 22.5 Å². The third kappa shape index (κ3) is 3.88. The Kier molecular flexibility index (Phi) is 5.05. The standard InChI is InChI=1S/C15H17F2N3O/c16-14(17)10-20(9-8-18)15(21)19-13-7-3-5-11-4-1-2-6-12(11)13/h1-7,14H,8-10,18H2,(H,19,21). The molecule has 6 heteroatoms. The van der Waals surface area contributed by atoms with Gasteiger partial charge in [0.25, 0.3) is 6.43 Å². The number of amides is 2. The third-order valence-electron chi connectivity index (χ3n) is 3.08. The molecule has 2 rings (SSSR count). The number of hydrogen-bond acceptors (Lipinski definition) is 2. The fourth-order valence-electron chi connectivity index (χ4n) is 2.13. The van der Waals surface area contributed by atoms with E-state index in [9.17, 15) is 13.6 Å². The number of anilines is 1. The number of fused-ring (bicyclic) bond motifs is 1. The van der Waals surface area contributed by atoms with Crippen LogP contribution in [0, 0.1) is 0 Å². The minimum Gasteiger partial charge on any atom is -0.329 e. The summed E-state index contributed by atoms with van der Waals surface area (Å²) in [5, 5.41) is 4.50. The molecular formula is C15H17F2N3O. The summed E-state index contributed by atoms with van der Waals surface area (Å²) in [5.41, 5.74) is 5.95. The number of carbonyl (C=O) groups excluding carboxylic acids is 1. The van der Waals surface area contributed by atoms with Gasteiger partial charge in [-0.05, 0) is 11.5 Å². The molecule has 0 bridgehead atoms. The summed E-state index contributed by atoms with van der Waals surface area (Å²) in [6.07, 6.45) is -2.59. The second-order valence-corrected chi connectivity index (χ2v) is 4.58.